The van der Waals surface area contributed by atoms with Crippen LogP contribution in [0.4, 0.5) is 5.69 Å². The number of rotatable bonds is 4. The predicted molar refractivity (Wildman–Crippen MR) is 67.7 cm³/mol. The Balaban J connectivity index is 2.00. The van der Waals surface area contributed by atoms with Gasteiger partial charge in [-0.25, -0.2) is 0 Å². The number of benzene rings is 1. The van der Waals surface area contributed by atoms with Gasteiger partial charge in [0.15, 0.2) is 0 Å². The number of anilines is 1. The van der Waals surface area contributed by atoms with Crippen molar-refractivity contribution in [2.75, 3.05) is 5.32 Å². The highest BCUT2D eigenvalue weighted by Gasteiger charge is 2.00. The van der Waals surface area contributed by atoms with Gasteiger partial charge in [-0.1, -0.05) is 0 Å². The second-order valence-corrected chi connectivity index (χ2v) is 3.91. The molecule has 1 heterocycles. The number of carbonyl (C=O) groups excluding carboxylic acids is 1. The van der Waals surface area contributed by atoms with Crippen molar-refractivity contribution in [2.45, 2.75) is 6.54 Å². The summed E-state index contributed by atoms with van der Waals surface area (Å²) in [4.78, 5) is 10.9. The van der Waals surface area contributed by atoms with E-state index < -0.39 is 5.91 Å². The number of amides is 1. The minimum atomic E-state index is -0.404. The van der Waals surface area contributed by atoms with Gasteiger partial charge in [0.25, 0.3) is 0 Å². The van der Waals surface area contributed by atoms with Gasteiger partial charge in [-0.2, -0.15) is 0 Å². The van der Waals surface area contributed by atoms with Crippen LogP contribution in [-0.2, 0) is 13.6 Å². The van der Waals surface area contributed by atoms with E-state index >= 15 is 0 Å². The number of aromatic nitrogens is 1. The van der Waals surface area contributed by atoms with Crippen molar-refractivity contribution in [3.05, 3.63) is 53.9 Å². The van der Waals surface area contributed by atoms with E-state index in [9.17, 15) is 4.79 Å². The van der Waals surface area contributed by atoms with Crippen LogP contribution in [0.1, 0.15) is 16.1 Å². The fourth-order valence-corrected chi connectivity index (χ4v) is 1.63. The first-order valence-electron chi connectivity index (χ1n) is 5.41. The lowest BCUT2D eigenvalue weighted by atomic mass is 10.2. The monoisotopic (exact) mass is 229 g/mol. The summed E-state index contributed by atoms with van der Waals surface area (Å²) in [6.45, 7) is 0.749. The van der Waals surface area contributed by atoms with E-state index in [0.29, 0.717) is 5.56 Å². The Hall–Kier alpha value is -2.23. The Bertz CT molecular complexity index is 514. The topological polar surface area (TPSA) is 60.1 Å². The first-order valence-corrected chi connectivity index (χ1v) is 5.41. The van der Waals surface area contributed by atoms with Crippen LogP contribution in [-0.4, -0.2) is 10.5 Å². The molecule has 4 nitrogen and oxygen atoms in total. The number of nitrogens with zero attached hydrogens (tertiary/aromatic N) is 1. The summed E-state index contributed by atoms with van der Waals surface area (Å²) in [7, 11) is 2.01. The molecule has 0 bridgehead atoms. The van der Waals surface area contributed by atoms with Crippen LogP contribution in [0.2, 0.25) is 0 Å². The van der Waals surface area contributed by atoms with Crippen molar-refractivity contribution in [3.63, 3.8) is 0 Å². The lowest BCUT2D eigenvalue weighted by Gasteiger charge is -2.07. The second-order valence-electron chi connectivity index (χ2n) is 3.91. The fourth-order valence-electron chi connectivity index (χ4n) is 1.63. The summed E-state index contributed by atoms with van der Waals surface area (Å²) >= 11 is 0. The zero-order valence-corrected chi connectivity index (χ0v) is 9.68. The molecule has 0 aliphatic rings. The number of carbonyl (C=O) groups is 1. The minimum Gasteiger partial charge on any atom is -0.379 e. The molecule has 0 fully saturated rings. The molecule has 1 aromatic carbocycles. The average molecular weight is 229 g/mol. The molecule has 0 saturated heterocycles. The van der Waals surface area contributed by atoms with Crippen molar-refractivity contribution in [2.24, 2.45) is 12.8 Å². The van der Waals surface area contributed by atoms with Gasteiger partial charge in [-0.05, 0) is 36.4 Å². The molecule has 0 radical (unpaired) electrons. The van der Waals surface area contributed by atoms with Crippen LogP contribution in [0, 0.1) is 0 Å². The summed E-state index contributed by atoms with van der Waals surface area (Å²) < 4.78 is 2.06. The number of nitrogens with two attached hydrogens (primary N) is 1. The second kappa shape index (κ2) is 4.74. The van der Waals surface area contributed by atoms with Gasteiger partial charge in [0.05, 0.1) is 6.54 Å². The zero-order chi connectivity index (χ0) is 12.3. The van der Waals surface area contributed by atoms with Crippen molar-refractivity contribution in [1.82, 2.24) is 4.57 Å². The first kappa shape index (κ1) is 11.3. The van der Waals surface area contributed by atoms with E-state index in [2.05, 4.69) is 16.0 Å². The Kier molecular flexibility index (Phi) is 3.14. The molecule has 0 saturated carbocycles. The highest BCUT2D eigenvalue weighted by molar-refractivity contribution is 5.93. The first-order chi connectivity index (χ1) is 8.16. The van der Waals surface area contributed by atoms with Gasteiger partial charge >= 0.3 is 0 Å². The molecule has 3 N–H and O–H groups in total. The summed E-state index contributed by atoms with van der Waals surface area (Å²) in [6.07, 6.45) is 2.01. The molecule has 0 spiro atoms. The van der Waals surface area contributed by atoms with Gasteiger partial charge in [-0.3, -0.25) is 4.79 Å². The zero-order valence-electron chi connectivity index (χ0n) is 9.68. The van der Waals surface area contributed by atoms with E-state index in [4.69, 9.17) is 5.73 Å². The third kappa shape index (κ3) is 2.66. The Labute approximate surface area is 100 Å². The maximum absolute atomic E-state index is 10.9. The Morgan fingerprint density at radius 2 is 2.00 bits per heavy atom. The molecule has 0 aliphatic carbocycles. The summed E-state index contributed by atoms with van der Waals surface area (Å²) in [5.41, 5.74) is 7.86. The summed E-state index contributed by atoms with van der Waals surface area (Å²) in [6, 6.07) is 11.2. The van der Waals surface area contributed by atoms with Crippen LogP contribution in [0.3, 0.4) is 0 Å². The molecule has 88 valence electrons. The van der Waals surface area contributed by atoms with Gasteiger partial charge in [-0.15, -0.1) is 0 Å². The molecule has 1 amide bonds. The van der Waals surface area contributed by atoms with E-state index in [1.807, 2.05) is 31.4 Å². The van der Waals surface area contributed by atoms with Gasteiger partial charge in [0.1, 0.15) is 0 Å². The SMILES string of the molecule is Cn1cccc1CNc1ccc(C(N)=O)cc1. The lowest BCUT2D eigenvalue weighted by Crippen LogP contribution is -2.10. The average Bonchev–Trinajstić information content (AvgIpc) is 2.73. The molecular formula is C13H15N3O. The number of primary amides is 1. The quantitative estimate of drug-likeness (QED) is 0.838. The molecule has 2 rings (SSSR count). The highest BCUT2D eigenvalue weighted by atomic mass is 16.1. The van der Waals surface area contributed by atoms with Gasteiger partial charge in [0.2, 0.25) is 5.91 Å². The Morgan fingerprint density at radius 1 is 1.29 bits per heavy atom. The number of hydrogen-bond acceptors (Lipinski definition) is 2. The normalized spacial score (nSPS) is 10.2. The third-order valence-corrected chi connectivity index (χ3v) is 2.69. The van der Waals surface area contributed by atoms with E-state index in [1.165, 1.54) is 5.69 Å². The molecule has 2 aromatic rings. The summed E-state index contributed by atoms with van der Waals surface area (Å²) in [5, 5.41) is 3.28. The molecule has 1 aromatic heterocycles. The molecular weight excluding hydrogens is 214 g/mol. The van der Waals surface area contributed by atoms with Gasteiger partial charge in [0, 0.05) is 30.2 Å². The van der Waals surface area contributed by atoms with Crippen molar-refractivity contribution in [3.8, 4) is 0 Å². The maximum Gasteiger partial charge on any atom is 0.248 e. The van der Waals surface area contributed by atoms with Crippen LogP contribution in [0.5, 0.6) is 0 Å². The minimum absolute atomic E-state index is 0.404. The third-order valence-electron chi connectivity index (χ3n) is 2.69. The van der Waals surface area contributed by atoms with Crippen LogP contribution in [0.25, 0.3) is 0 Å². The predicted octanol–water partition coefficient (Wildman–Crippen LogP) is 1.74. The van der Waals surface area contributed by atoms with Crippen molar-refractivity contribution in [1.29, 1.82) is 0 Å². The maximum atomic E-state index is 10.9. The van der Waals surface area contributed by atoms with Gasteiger partial charge < -0.3 is 15.6 Å². The molecule has 0 aliphatic heterocycles. The number of aryl methyl sites for hydroxylation is 1. The molecule has 4 heteroatoms. The molecule has 17 heavy (non-hydrogen) atoms. The molecule has 0 atom stereocenters. The van der Waals surface area contributed by atoms with E-state index in [-0.39, 0.29) is 0 Å². The molecule has 0 unspecified atom stereocenters. The van der Waals surface area contributed by atoms with E-state index in [1.54, 1.807) is 12.1 Å². The number of hydrogen-bond donors (Lipinski definition) is 2. The standard InChI is InChI=1S/C13H15N3O/c1-16-8-2-3-12(16)9-15-11-6-4-10(5-7-11)13(14)17/h2-8,15H,9H2,1H3,(H2,14,17). The smallest absolute Gasteiger partial charge is 0.248 e. The lowest BCUT2D eigenvalue weighted by molar-refractivity contribution is 0.100. The highest BCUT2D eigenvalue weighted by Crippen LogP contribution is 2.11. The van der Waals surface area contributed by atoms with Crippen molar-refractivity contribution < 1.29 is 4.79 Å². The van der Waals surface area contributed by atoms with Crippen LogP contribution >= 0.6 is 0 Å². The van der Waals surface area contributed by atoms with Crippen molar-refractivity contribution >= 4 is 11.6 Å². The summed E-state index contributed by atoms with van der Waals surface area (Å²) in [5.74, 6) is -0.404. The Morgan fingerprint density at radius 3 is 2.53 bits per heavy atom. The van der Waals surface area contributed by atoms with Crippen LogP contribution in [0.15, 0.2) is 42.6 Å². The number of nitrogens with one attached hydrogen (secondary N) is 1. The van der Waals surface area contributed by atoms with E-state index in [0.717, 1.165) is 12.2 Å². The largest absolute Gasteiger partial charge is 0.379 e. The fraction of sp³-hybridized carbons (Fsp3) is 0.154. The van der Waals surface area contributed by atoms with Crippen LogP contribution < -0.4 is 11.1 Å².